The number of carbonyl (C=O) groups excluding carboxylic acids is 2. The summed E-state index contributed by atoms with van der Waals surface area (Å²) in [5, 5.41) is 14.2. The van der Waals surface area contributed by atoms with Gasteiger partial charge < -0.3 is 20.5 Å². The first-order chi connectivity index (χ1) is 16.4. The predicted molar refractivity (Wildman–Crippen MR) is 128 cm³/mol. The summed E-state index contributed by atoms with van der Waals surface area (Å²) in [4.78, 5) is 35.3. The van der Waals surface area contributed by atoms with Crippen molar-refractivity contribution in [3.8, 4) is 11.1 Å². The number of hydrogen-bond donors (Lipinski definition) is 3. The average molecular weight is 459 g/mol. The van der Waals surface area contributed by atoms with E-state index in [9.17, 15) is 14.4 Å². The zero-order chi connectivity index (χ0) is 24.1. The summed E-state index contributed by atoms with van der Waals surface area (Å²) in [7, 11) is 0. The molecule has 174 valence electrons. The minimum absolute atomic E-state index is 0.000496. The van der Waals surface area contributed by atoms with Crippen LogP contribution in [0, 0.1) is 0 Å². The van der Waals surface area contributed by atoms with Gasteiger partial charge >= 0.3 is 12.1 Å². The van der Waals surface area contributed by atoms with Gasteiger partial charge in [0.25, 0.3) is 5.91 Å². The molecule has 0 aromatic heterocycles. The lowest BCUT2D eigenvalue weighted by Crippen LogP contribution is -2.34. The lowest BCUT2D eigenvalue weighted by molar-refractivity contribution is -0.137. The van der Waals surface area contributed by atoms with Crippen LogP contribution in [-0.2, 0) is 16.1 Å². The van der Waals surface area contributed by atoms with Gasteiger partial charge in [-0.3, -0.25) is 9.59 Å². The van der Waals surface area contributed by atoms with Crippen LogP contribution in [0.4, 0.5) is 4.79 Å². The highest BCUT2D eigenvalue weighted by Gasteiger charge is 2.28. The molecule has 1 atom stereocenters. The van der Waals surface area contributed by atoms with E-state index in [1.165, 1.54) is 11.1 Å². The van der Waals surface area contributed by atoms with E-state index in [1.54, 1.807) is 31.2 Å². The van der Waals surface area contributed by atoms with Gasteiger partial charge in [-0.25, -0.2) is 4.79 Å². The maximum Gasteiger partial charge on any atom is 0.407 e. The first-order valence-electron chi connectivity index (χ1n) is 11.1. The van der Waals surface area contributed by atoms with E-state index in [2.05, 4.69) is 34.9 Å². The van der Waals surface area contributed by atoms with Crippen LogP contribution in [0.1, 0.15) is 46.3 Å². The Hall–Kier alpha value is -4.13. The second-order valence-electron chi connectivity index (χ2n) is 8.35. The summed E-state index contributed by atoms with van der Waals surface area (Å²) in [6.07, 6.45) is -0.653. The van der Waals surface area contributed by atoms with E-state index in [4.69, 9.17) is 9.84 Å². The highest BCUT2D eigenvalue weighted by molar-refractivity contribution is 5.94. The third kappa shape index (κ3) is 5.26. The molecule has 3 aromatic carbocycles. The summed E-state index contributed by atoms with van der Waals surface area (Å²) in [5.41, 5.74) is 5.89. The van der Waals surface area contributed by atoms with E-state index in [0.717, 1.165) is 16.7 Å². The quantitative estimate of drug-likeness (QED) is 0.466. The molecule has 0 fully saturated rings. The maximum atomic E-state index is 12.3. The summed E-state index contributed by atoms with van der Waals surface area (Å²) < 4.78 is 5.54. The number of alkyl carbamates (subject to hydrolysis) is 1. The van der Waals surface area contributed by atoms with Gasteiger partial charge in [0.15, 0.2) is 0 Å². The Morgan fingerprint density at radius 3 is 2.09 bits per heavy atom. The van der Waals surface area contributed by atoms with Crippen LogP contribution >= 0.6 is 0 Å². The van der Waals surface area contributed by atoms with Crippen molar-refractivity contribution in [2.24, 2.45) is 0 Å². The fraction of sp³-hybridized carbons (Fsp3) is 0.222. The van der Waals surface area contributed by atoms with Crippen LogP contribution in [0.5, 0.6) is 0 Å². The van der Waals surface area contributed by atoms with Crippen molar-refractivity contribution in [3.05, 3.63) is 95.1 Å². The number of amides is 2. The van der Waals surface area contributed by atoms with Gasteiger partial charge in [0, 0.05) is 24.1 Å². The van der Waals surface area contributed by atoms with E-state index in [-0.39, 0.29) is 31.4 Å². The molecule has 7 nitrogen and oxygen atoms in total. The number of benzene rings is 3. The molecule has 1 aliphatic rings. The van der Waals surface area contributed by atoms with Crippen LogP contribution in [-0.4, -0.2) is 35.7 Å². The Labute approximate surface area is 197 Å². The van der Waals surface area contributed by atoms with Crippen LogP contribution in [0.25, 0.3) is 11.1 Å². The largest absolute Gasteiger partial charge is 0.481 e. The number of carbonyl (C=O) groups is 3. The van der Waals surface area contributed by atoms with Crippen molar-refractivity contribution in [1.82, 2.24) is 10.6 Å². The third-order valence-corrected chi connectivity index (χ3v) is 5.85. The Bertz CT molecular complexity index is 1160. The van der Waals surface area contributed by atoms with Crippen LogP contribution in [0.3, 0.4) is 0 Å². The molecule has 7 heteroatoms. The number of carboxylic acid groups (broad SMARTS) is 1. The molecule has 0 bridgehead atoms. The monoisotopic (exact) mass is 458 g/mol. The molecule has 0 saturated carbocycles. The van der Waals surface area contributed by atoms with Crippen LogP contribution in [0.15, 0.2) is 72.8 Å². The summed E-state index contributed by atoms with van der Waals surface area (Å²) in [6, 6.07) is 22.6. The van der Waals surface area contributed by atoms with E-state index < -0.39 is 18.1 Å². The second-order valence-corrected chi connectivity index (χ2v) is 8.35. The average Bonchev–Trinajstić information content (AvgIpc) is 3.15. The van der Waals surface area contributed by atoms with Crippen molar-refractivity contribution < 1.29 is 24.2 Å². The Morgan fingerprint density at radius 2 is 1.50 bits per heavy atom. The molecule has 0 radical (unpaired) electrons. The highest BCUT2D eigenvalue weighted by Crippen LogP contribution is 2.44. The minimum atomic E-state index is -0.970. The number of nitrogens with one attached hydrogen (secondary N) is 2. The zero-order valence-electron chi connectivity index (χ0n) is 18.8. The Balaban J connectivity index is 1.29. The molecule has 4 rings (SSSR count). The highest BCUT2D eigenvalue weighted by atomic mass is 16.5. The van der Waals surface area contributed by atoms with Crippen molar-refractivity contribution >= 4 is 18.0 Å². The molecular formula is C27H26N2O5. The number of ether oxygens (including phenoxy) is 1. The van der Waals surface area contributed by atoms with Gasteiger partial charge in [-0.15, -0.1) is 0 Å². The number of fused-ring (bicyclic) bond motifs is 3. The van der Waals surface area contributed by atoms with Gasteiger partial charge in [-0.05, 0) is 46.9 Å². The van der Waals surface area contributed by atoms with Crippen LogP contribution in [0.2, 0.25) is 0 Å². The Morgan fingerprint density at radius 1 is 0.912 bits per heavy atom. The number of aliphatic carboxylic acids is 1. The molecule has 3 N–H and O–H groups in total. The fourth-order valence-corrected chi connectivity index (χ4v) is 4.22. The normalized spacial score (nSPS) is 12.9. The van der Waals surface area contributed by atoms with Gasteiger partial charge in [0.05, 0.1) is 6.42 Å². The second kappa shape index (κ2) is 10.2. The molecule has 0 spiro atoms. The lowest BCUT2D eigenvalue weighted by Gasteiger charge is -2.15. The van der Waals surface area contributed by atoms with Crippen molar-refractivity contribution in [3.63, 3.8) is 0 Å². The van der Waals surface area contributed by atoms with Crippen LogP contribution < -0.4 is 10.6 Å². The van der Waals surface area contributed by atoms with E-state index in [1.807, 2.05) is 24.3 Å². The molecule has 0 heterocycles. The van der Waals surface area contributed by atoms with Gasteiger partial charge in [0.1, 0.15) is 6.61 Å². The predicted octanol–water partition coefficient (Wildman–Crippen LogP) is 4.32. The van der Waals surface area contributed by atoms with E-state index >= 15 is 0 Å². The van der Waals surface area contributed by atoms with Crippen molar-refractivity contribution in [2.75, 3.05) is 6.61 Å². The molecule has 0 saturated heterocycles. The third-order valence-electron chi connectivity index (χ3n) is 5.85. The van der Waals surface area contributed by atoms with Crippen molar-refractivity contribution in [1.29, 1.82) is 0 Å². The summed E-state index contributed by atoms with van der Waals surface area (Å²) >= 11 is 0. The molecule has 0 aliphatic heterocycles. The zero-order valence-corrected chi connectivity index (χ0v) is 18.8. The Kier molecular flexibility index (Phi) is 6.92. The topological polar surface area (TPSA) is 105 Å². The maximum absolute atomic E-state index is 12.3. The molecule has 0 unspecified atom stereocenters. The number of rotatable bonds is 8. The van der Waals surface area contributed by atoms with Crippen molar-refractivity contribution in [2.45, 2.75) is 31.8 Å². The standard InChI is InChI=1S/C27H26N2O5/c1-17(14-25(30)31)29-26(32)19-12-10-18(11-13-19)15-28-27(33)34-16-24-22-8-4-2-6-20(22)21-7-3-5-9-23(21)24/h2-13,17,24H,14-16H2,1H3,(H,28,33)(H,29,32)(H,30,31)/t17-/m0/s1. The number of carboxylic acids is 1. The van der Waals surface area contributed by atoms with Gasteiger partial charge in [-0.1, -0.05) is 60.7 Å². The fourth-order valence-electron chi connectivity index (χ4n) is 4.22. The molecule has 1 aliphatic carbocycles. The minimum Gasteiger partial charge on any atom is -0.481 e. The van der Waals surface area contributed by atoms with Gasteiger partial charge in [0.2, 0.25) is 0 Å². The van der Waals surface area contributed by atoms with Gasteiger partial charge in [-0.2, -0.15) is 0 Å². The SMILES string of the molecule is C[C@@H](CC(=O)O)NC(=O)c1ccc(CNC(=O)OCC2c3ccccc3-c3ccccc32)cc1. The van der Waals surface area contributed by atoms with E-state index in [0.29, 0.717) is 5.56 Å². The molecule has 2 amide bonds. The summed E-state index contributed by atoms with van der Waals surface area (Å²) in [6.45, 7) is 2.14. The first-order valence-corrected chi connectivity index (χ1v) is 11.1. The number of hydrogen-bond acceptors (Lipinski definition) is 4. The summed E-state index contributed by atoms with van der Waals surface area (Å²) in [5.74, 6) is -1.31. The molecule has 3 aromatic rings. The lowest BCUT2D eigenvalue weighted by atomic mass is 9.98. The first kappa shape index (κ1) is 23.0. The molecular weight excluding hydrogens is 432 g/mol. The molecule has 34 heavy (non-hydrogen) atoms. The smallest absolute Gasteiger partial charge is 0.407 e.